The molecule has 2 aromatic heterocycles. The first-order valence-electron chi connectivity index (χ1n) is 11.8. The molecule has 1 amide bonds. The van der Waals surface area contributed by atoms with Crippen LogP contribution < -0.4 is 9.64 Å². The number of halogens is 2. The van der Waals surface area contributed by atoms with Gasteiger partial charge in [-0.05, 0) is 46.2 Å². The first-order valence-corrected chi connectivity index (χ1v) is 12.6. The summed E-state index contributed by atoms with van der Waals surface area (Å²) in [5, 5.41) is 0.567. The van der Waals surface area contributed by atoms with Crippen LogP contribution in [0.1, 0.15) is 34.1 Å². The predicted octanol–water partition coefficient (Wildman–Crippen LogP) is 4.68. The van der Waals surface area contributed by atoms with Crippen LogP contribution in [0.25, 0.3) is 21.7 Å². The van der Waals surface area contributed by atoms with Gasteiger partial charge in [-0.2, -0.15) is 8.78 Å². The number of alkyl halides is 2. The predicted molar refractivity (Wildman–Crippen MR) is 130 cm³/mol. The smallest absolute Gasteiger partial charge is 0.459 e. The van der Waals surface area contributed by atoms with Crippen LogP contribution in [-0.4, -0.2) is 70.4 Å². The Kier molecular flexibility index (Phi) is 6.21. The average Bonchev–Trinajstić information content (AvgIpc) is 3.49. The molecule has 1 aromatic carbocycles. The molecule has 2 atom stereocenters. The van der Waals surface area contributed by atoms with Crippen LogP contribution >= 0.6 is 11.3 Å². The number of esters is 1. The number of anilines is 1. The number of piperidine rings is 1. The molecule has 3 saturated heterocycles. The Balaban J connectivity index is 1.45. The lowest BCUT2D eigenvalue weighted by molar-refractivity contribution is -0.216. The minimum atomic E-state index is -4.20. The van der Waals surface area contributed by atoms with E-state index in [1.807, 2.05) is 25.7 Å². The number of thiazole rings is 1. The molecule has 3 aliphatic rings. The highest BCUT2D eigenvalue weighted by Gasteiger charge is 2.49. The molecule has 2 unspecified atom stereocenters. The molecule has 0 spiro atoms. The highest BCUT2D eigenvalue weighted by atomic mass is 32.1. The second-order valence-corrected chi connectivity index (χ2v) is 10.8. The number of oxazole rings is 1. The van der Waals surface area contributed by atoms with E-state index in [-0.39, 0.29) is 36.1 Å². The zero-order valence-electron chi connectivity index (χ0n) is 20.7. The Morgan fingerprint density at radius 3 is 2.57 bits per heavy atom. The molecule has 0 aliphatic carbocycles. The van der Waals surface area contributed by atoms with Crippen molar-refractivity contribution in [3.63, 3.8) is 0 Å². The lowest BCUT2D eigenvalue weighted by Crippen LogP contribution is -2.70. The van der Waals surface area contributed by atoms with Gasteiger partial charge >= 0.3 is 18.2 Å². The number of piperazine rings is 1. The summed E-state index contributed by atoms with van der Waals surface area (Å²) in [6, 6.07) is 2.74. The fourth-order valence-corrected chi connectivity index (χ4v) is 5.59. The lowest BCUT2D eigenvalue weighted by Gasteiger charge is -2.55. The number of carbonyl (C=O) groups excluding carboxylic acids is 2. The van der Waals surface area contributed by atoms with E-state index in [0.717, 1.165) is 6.42 Å². The molecule has 198 valence electrons. The minimum Gasteiger partial charge on any atom is -0.459 e. The first-order chi connectivity index (χ1) is 17.5. The molecular weight excluding hydrogens is 510 g/mol. The Bertz CT molecular complexity index is 1310. The summed E-state index contributed by atoms with van der Waals surface area (Å²) in [7, 11) is 0. The number of benzene rings is 1. The van der Waals surface area contributed by atoms with Crippen molar-refractivity contribution in [2.45, 2.75) is 57.9 Å². The summed E-state index contributed by atoms with van der Waals surface area (Å²) >= 11 is 1.27. The van der Waals surface area contributed by atoms with Gasteiger partial charge in [-0.3, -0.25) is 4.90 Å². The Labute approximate surface area is 215 Å². The molecule has 13 heteroatoms. The summed E-state index contributed by atoms with van der Waals surface area (Å²) in [4.78, 5) is 36.9. The summed E-state index contributed by atoms with van der Waals surface area (Å²) in [5.74, 6) is -1.77. The van der Waals surface area contributed by atoms with E-state index >= 15 is 0 Å². The molecule has 37 heavy (non-hydrogen) atoms. The molecule has 0 saturated carbocycles. The van der Waals surface area contributed by atoms with Gasteiger partial charge in [0.1, 0.15) is 17.4 Å². The maximum absolute atomic E-state index is 14.4. The molecular formula is C24H26F2N4O6S. The quantitative estimate of drug-likeness (QED) is 0.415. The molecule has 3 aromatic rings. The highest BCUT2D eigenvalue weighted by Crippen LogP contribution is 2.44. The van der Waals surface area contributed by atoms with Crippen LogP contribution in [0.15, 0.2) is 29.0 Å². The summed E-state index contributed by atoms with van der Waals surface area (Å²) in [5.41, 5.74) is 0.0995. The summed E-state index contributed by atoms with van der Waals surface area (Å²) in [6.07, 6.45) is -0.807. The number of carbonyl (C=O) groups is 2. The number of rotatable bonds is 6. The molecule has 2 bridgehead atoms. The fourth-order valence-electron chi connectivity index (χ4n) is 4.49. The molecule has 10 nitrogen and oxygen atoms in total. The van der Waals surface area contributed by atoms with E-state index in [2.05, 4.69) is 14.7 Å². The summed E-state index contributed by atoms with van der Waals surface area (Å²) < 4.78 is 49.6. The minimum absolute atomic E-state index is 0.0457. The zero-order chi connectivity index (χ0) is 26.5. The fraction of sp³-hybridized carbons (Fsp3) is 0.500. The van der Waals surface area contributed by atoms with E-state index < -0.39 is 17.7 Å². The maximum Gasteiger partial charge on any atom is 0.502 e. The number of aromatic nitrogens is 2. The number of hydrogen-bond donors (Lipinski definition) is 0. The van der Waals surface area contributed by atoms with Crippen LogP contribution in [0.5, 0.6) is 5.75 Å². The molecule has 0 N–H and O–H groups in total. The second kappa shape index (κ2) is 9.12. The number of hydrogen-bond acceptors (Lipinski definition) is 10. The normalized spacial score (nSPS) is 19.5. The van der Waals surface area contributed by atoms with Gasteiger partial charge in [0, 0.05) is 13.1 Å². The van der Waals surface area contributed by atoms with Crippen molar-refractivity contribution >= 4 is 38.7 Å². The SMILES string of the molecule is CCOC(=O)C(F)(F)Oc1ccc(-c2ncco2)c2sc(N3CC4CC(C3)N4C(=O)OC(C)(C)C)nc12. The number of ether oxygens (including phenoxy) is 3. The van der Waals surface area contributed by atoms with Crippen molar-refractivity contribution in [3.8, 4) is 17.2 Å². The van der Waals surface area contributed by atoms with Crippen LogP contribution in [0.3, 0.4) is 0 Å². The van der Waals surface area contributed by atoms with Crippen molar-refractivity contribution in [1.29, 1.82) is 0 Å². The topological polar surface area (TPSA) is 107 Å². The molecule has 6 rings (SSSR count). The molecule has 3 aliphatic heterocycles. The van der Waals surface area contributed by atoms with Gasteiger partial charge in [0.2, 0.25) is 5.89 Å². The van der Waals surface area contributed by atoms with Crippen LogP contribution in [0, 0.1) is 0 Å². The van der Waals surface area contributed by atoms with E-state index in [0.29, 0.717) is 34.4 Å². The number of nitrogens with zero attached hydrogens (tertiary/aromatic N) is 4. The second-order valence-electron chi connectivity index (χ2n) is 9.80. The van der Waals surface area contributed by atoms with E-state index in [1.54, 1.807) is 4.90 Å². The van der Waals surface area contributed by atoms with Gasteiger partial charge in [0.05, 0.1) is 35.2 Å². The Morgan fingerprint density at radius 1 is 1.22 bits per heavy atom. The maximum atomic E-state index is 14.4. The molecule has 3 fully saturated rings. The van der Waals surface area contributed by atoms with E-state index in [9.17, 15) is 18.4 Å². The number of amides is 1. The largest absolute Gasteiger partial charge is 0.502 e. The van der Waals surface area contributed by atoms with Gasteiger partial charge in [0.15, 0.2) is 10.9 Å². The third-order valence-corrected chi connectivity index (χ3v) is 7.13. The third-order valence-electron chi connectivity index (χ3n) is 5.98. The van der Waals surface area contributed by atoms with E-state index in [4.69, 9.17) is 13.9 Å². The van der Waals surface area contributed by atoms with Crippen molar-refractivity contribution in [2.24, 2.45) is 0 Å². The molecule has 0 radical (unpaired) electrons. The Morgan fingerprint density at radius 2 is 1.95 bits per heavy atom. The van der Waals surface area contributed by atoms with Gasteiger partial charge in [-0.25, -0.2) is 19.6 Å². The van der Waals surface area contributed by atoms with Gasteiger partial charge in [-0.1, -0.05) is 11.3 Å². The standard InChI is InChI=1S/C24H26F2N4O6S/c1-5-33-20(31)24(25,26)35-16-7-6-15(19-27-8-9-34-19)18-17(16)28-21(37-18)29-11-13-10-14(12-29)30(13)22(32)36-23(2,3)4/h6-9,13-14H,5,10-12H2,1-4H3. The lowest BCUT2D eigenvalue weighted by atomic mass is 9.88. The monoisotopic (exact) mass is 536 g/mol. The van der Waals surface area contributed by atoms with Crippen molar-refractivity contribution in [1.82, 2.24) is 14.9 Å². The van der Waals surface area contributed by atoms with Crippen LogP contribution in [0.4, 0.5) is 18.7 Å². The zero-order valence-corrected chi connectivity index (χ0v) is 21.5. The van der Waals surface area contributed by atoms with Crippen LogP contribution in [0.2, 0.25) is 0 Å². The Hall–Kier alpha value is -3.48. The summed E-state index contributed by atoms with van der Waals surface area (Å²) in [6.45, 7) is 7.71. The van der Waals surface area contributed by atoms with Crippen molar-refractivity contribution in [2.75, 3.05) is 24.6 Å². The third kappa shape index (κ3) is 4.79. The first kappa shape index (κ1) is 25.2. The van der Waals surface area contributed by atoms with Gasteiger partial charge in [-0.15, -0.1) is 0 Å². The number of fused-ring (bicyclic) bond motifs is 3. The average molecular weight is 537 g/mol. The molecule has 5 heterocycles. The van der Waals surface area contributed by atoms with Gasteiger partial charge in [0.25, 0.3) is 0 Å². The van der Waals surface area contributed by atoms with Crippen LogP contribution in [-0.2, 0) is 14.3 Å². The van der Waals surface area contributed by atoms with E-state index in [1.165, 1.54) is 42.9 Å². The van der Waals surface area contributed by atoms with Crippen molar-refractivity contribution in [3.05, 3.63) is 24.6 Å². The highest BCUT2D eigenvalue weighted by molar-refractivity contribution is 7.22. The van der Waals surface area contributed by atoms with Gasteiger partial charge < -0.3 is 23.5 Å². The van der Waals surface area contributed by atoms with Crippen molar-refractivity contribution < 1.29 is 37.0 Å².